The minimum absolute atomic E-state index is 0.191. The van der Waals surface area contributed by atoms with E-state index in [0.717, 1.165) is 19.4 Å². The Labute approximate surface area is 108 Å². The van der Waals surface area contributed by atoms with Crippen molar-refractivity contribution in [1.82, 2.24) is 4.90 Å². The SMILES string of the molecule is CC(C)(C)OC(=O)N1CCC2(C1)OCC1CC12N. The highest BCUT2D eigenvalue weighted by Gasteiger charge is 2.71. The number of fused-ring (bicyclic) bond motifs is 2. The van der Waals surface area contributed by atoms with Crippen molar-refractivity contribution in [3.05, 3.63) is 0 Å². The molecule has 2 saturated heterocycles. The van der Waals surface area contributed by atoms with Crippen LogP contribution in [0.15, 0.2) is 0 Å². The zero-order valence-corrected chi connectivity index (χ0v) is 11.4. The molecule has 3 atom stereocenters. The molecule has 0 bridgehead atoms. The molecular formula is C13H22N2O3. The summed E-state index contributed by atoms with van der Waals surface area (Å²) in [6, 6.07) is 0. The van der Waals surface area contributed by atoms with Gasteiger partial charge in [-0.1, -0.05) is 0 Å². The van der Waals surface area contributed by atoms with Crippen molar-refractivity contribution in [2.24, 2.45) is 11.7 Å². The molecule has 0 aromatic carbocycles. The van der Waals surface area contributed by atoms with Crippen LogP contribution in [0, 0.1) is 5.92 Å². The van der Waals surface area contributed by atoms with Crippen LogP contribution in [-0.4, -0.2) is 47.4 Å². The molecule has 5 nitrogen and oxygen atoms in total. The molecule has 2 aliphatic heterocycles. The zero-order valence-electron chi connectivity index (χ0n) is 11.4. The van der Waals surface area contributed by atoms with E-state index >= 15 is 0 Å². The summed E-state index contributed by atoms with van der Waals surface area (Å²) >= 11 is 0. The van der Waals surface area contributed by atoms with Crippen LogP contribution >= 0.6 is 0 Å². The number of rotatable bonds is 0. The first-order chi connectivity index (χ1) is 8.26. The molecule has 2 N–H and O–H groups in total. The molecule has 1 amide bonds. The van der Waals surface area contributed by atoms with Gasteiger partial charge in [0, 0.05) is 12.5 Å². The summed E-state index contributed by atoms with van der Waals surface area (Å²) in [4.78, 5) is 13.8. The van der Waals surface area contributed by atoms with Gasteiger partial charge in [0.05, 0.1) is 18.7 Å². The van der Waals surface area contributed by atoms with Gasteiger partial charge in [0.25, 0.3) is 0 Å². The maximum absolute atomic E-state index is 12.0. The lowest BCUT2D eigenvalue weighted by molar-refractivity contribution is -0.0271. The van der Waals surface area contributed by atoms with Crippen molar-refractivity contribution in [2.45, 2.75) is 50.4 Å². The normalized spacial score (nSPS) is 42.2. The summed E-state index contributed by atoms with van der Waals surface area (Å²) < 4.78 is 11.3. The fourth-order valence-electron chi connectivity index (χ4n) is 3.27. The van der Waals surface area contributed by atoms with Crippen molar-refractivity contribution in [1.29, 1.82) is 0 Å². The number of nitrogens with two attached hydrogens (primary N) is 1. The molecule has 3 fully saturated rings. The van der Waals surface area contributed by atoms with Gasteiger partial charge >= 0.3 is 6.09 Å². The summed E-state index contributed by atoms with van der Waals surface area (Å²) in [5, 5.41) is 0. The van der Waals surface area contributed by atoms with Gasteiger partial charge in [-0.25, -0.2) is 4.79 Å². The lowest BCUT2D eigenvalue weighted by Crippen LogP contribution is -2.52. The largest absolute Gasteiger partial charge is 0.444 e. The van der Waals surface area contributed by atoms with E-state index in [1.165, 1.54) is 0 Å². The van der Waals surface area contributed by atoms with E-state index in [1.54, 1.807) is 4.90 Å². The second kappa shape index (κ2) is 3.39. The number of nitrogens with zero attached hydrogens (tertiary/aromatic N) is 1. The Balaban J connectivity index is 1.67. The molecule has 1 aliphatic carbocycles. The second-order valence-corrected chi connectivity index (χ2v) is 6.90. The maximum Gasteiger partial charge on any atom is 0.410 e. The lowest BCUT2D eigenvalue weighted by atomic mass is 9.91. The molecule has 1 saturated carbocycles. The topological polar surface area (TPSA) is 64.8 Å². The van der Waals surface area contributed by atoms with Crippen molar-refractivity contribution >= 4 is 6.09 Å². The lowest BCUT2D eigenvalue weighted by Gasteiger charge is -2.31. The van der Waals surface area contributed by atoms with E-state index < -0.39 is 5.60 Å². The smallest absolute Gasteiger partial charge is 0.410 e. The van der Waals surface area contributed by atoms with Gasteiger partial charge in [-0.05, 0) is 33.6 Å². The number of carbonyl (C=O) groups excluding carboxylic acids is 1. The fourth-order valence-corrected chi connectivity index (χ4v) is 3.27. The van der Waals surface area contributed by atoms with Gasteiger partial charge in [0.1, 0.15) is 11.2 Å². The minimum atomic E-state index is -0.452. The predicted molar refractivity (Wildman–Crippen MR) is 66.1 cm³/mol. The Kier molecular flexibility index (Phi) is 2.31. The molecule has 2 heterocycles. The quantitative estimate of drug-likeness (QED) is 0.703. The summed E-state index contributed by atoms with van der Waals surface area (Å²) in [7, 11) is 0. The van der Waals surface area contributed by atoms with Crippen LogP contribution in [0.1, 0.15) is 33.6 Å². The Morgan fingerprint density at radius 2 is 2.22 bits per heavy atom. The molecule has 3 aliphatic rings. The van der Waals surface area contributed by atoms with Crippen molar-refractivity contribution in [3.8, 4) is 0 Å². The van der Waals surface area contributed by atoms with Crippen LogP contribution in [0.4, 0.5) is 4.79 Å². The van der Waals surface area contributed by atoms with E-state index in [9.17, 15) is 4.79 Å². The van der Waals surface area contributed by atoms with Gasteiger partial charge in [-0.15, -0.1) is 0 Å². The third kappa shape index (κ3) is 1.64. The first-order valence-electron chi connectivity index (χ1n) is 6.67. The van der Waals surface area contributed by atoms with Gasteiger partial charge in [-0.3, -0.25) is 0 Å². The van der Waals surface area contributed by atoms with Gasteiger partial charge in [0.15, 0.2) is 0 Å². The molecule has 18 heavy (non-hydrogen) atoms. The highest BCUT2D eigenvalue weighted by molar-refractivity contribution is 5.69. The number of likely N-dealkylation sites (tertiary alicyclic amines) is 1. The number of ether oxygens (including phenoxy) is 2. The average molecular weight is 254 g/mol. The van der Waals surface area contributed by atoms with Gasteiger partial charge < -0.3 is 20.1 Å². The summed E-state index contributed by atoms with van der Waals surface area (Å²) in [6.45, 7) is 7.65. The highest BCUT2D eigenvalue weighted by Crippen LogP contribution is 2.59. The molecule has 102 valence electrons. The van der Waals surface area contributed by atoms with Crippen LogP contribution in [0.5, 0.6) is 0 Å². The fraction of sp³-hybridized carbons (Fsp3) is 0.923. The third-order valence-electron chi connectivity index (χ3n) is 4.45. The Hall–Kier alpha value is -0.810. The standard InChI is InChI=1S/C13H22N2O3/c1-11(2,3)18-10(16)15-5-4-12(8-15)13(14)6-9(13)7-17-12/h9H,4-8,14H2,1-3H3. The van der Waals surface area contributed by atoms with Crippen LogP contribution in [0.25, 0.3) is 0 Å². The zero-order chi connectivity index (χ0) is 13.2. The molecule has 0 radical (unpaired) electrons. The summed E-state index contributed by atoms with van der Waals surface area (Å²) in [6.07, 6.45) is 1.62. The van der Waals surface area contributed by atoms with Crippen molar-refractivity contribution in [3.63, 3.8) is 0 Å². The number of amides is 1. The molecule has 0 aromatic heterocycles. The van der Waals surface area contributed by atoms with Gasteiger partial charge in [-0.2, -0.15) is 0 Å². The van der Waals surface area contributed by atoms with E-state index in [1.807, 2.05) is 20.8 Å². The number of hydrogen-bond donors (Lipinski definition) is 1. The first-order valence-corrected chi connectivity index (χ1v) is 6.67. The molecule has 1 spiro atoms. The molecule has 3 rings (SSSR count). The molecular weight excluding hydrogens is 232 g/mol. The maximum atomic E-state index is 12.0. The van der Waals surface area contributed by atoms with E-state index in [0.29, 0.717) is 19.0 Å². The second-order valence-electron chi connectivity index (χ2n) is 6.90. The van der Waals surface area contributed by atoms with Crippen molar-refractivity contribution < 1.29 is 14.3 Å². The Morgan fingerprint density at radius 3 is 2.72 bits per heavy atom. The third-order valence-corrected chi connectivity index (χ3v) is 4.45. The molecule has 0 aromatic rings. The van der Waals surface area contributed by atoms with Crippen molar-refractivity contribution in [2.75, 3.05) is 19.7 Å². The van der Waals surface area contributed by atoms with E-state index in [-0.39, 0.29) is 17.2 Å². The average Bonchev–Trinajstić information content (AvgIpc) is 2.66. The highest BCUT2D eigenvalue weighted by atomic mass is 16.6. The Morgan fingerprint density at radius 1 is 1.50 bits per heavy atom. The van der Waals surface area contributed by atoms with Crippen LogP contribution in [0.3, 0.4) is 0 Å². The Bertz CT molecular complexity index is 390. The van der Waals surface area contributed by atoms with E-state index in [2.05, 4.69) is 0 Å². The van der Waals surface area contributed by atoms with Crippen LogP contribution in [0.2, 0.25) is 0 Å². The summed E-state index contributed by atoms with van der Waals surface area (Å²) in [5.41, 5.74) is 5.42. The first kappa shape index (κ1) is 12.2. The number of hydrogen-bond acceptors (Lipinski definition) is 4. The monoisotopic (exact) mass is 254 g/mol. The number of carbonyl (C=O) groups is 1. The molecule has 3 unspecified atom stereocenters. The van der Waals surface area contributed by atoms with Crippen LogP contribution < -0.4 is 5.73 Å². The van der Waals surface area contributed by atoms with Gasteiger partial charge in [0.2, 0.25) is 0 Å². The predicted octanol–water partition coefficient (Wildman–Crippen LogP) is 1.11. The van der Waals surface area contributed by atoms with E-state index in [4.69, 9.17) is 15.2 Å². The minimum Gasteiger partial charge on any atom is -0.444 e. The molecule has 5 heteroatoms. The van der Waals surface area contributed by atoms with Crippen LogP contribution in [-0.2, 0) is 9.47 Å². The summed E-state index contributed by atoms with van der Waals surface area (Å²) in [5.74, 6) is 0.496.